The monoisotopic (exact) mass is 209 g/mol. The van der Waals surface area contributed by atoms with E-state index < -0.39 is 0 Å². The van der Waals surface area contributed by atoms with Gasteiger partial charge in [-0.3, -0.25) is 0 Å². The first-order chi connectivity index (χ1) is 7.31. The van der Waals surface area contributed by atoms with Gasteiger partial charge in [-0.05, 0) is 37.4 Å². The standard InChI is InChI=1S/C11H19N3O/c1-15-10-6-11(12)14-7-9(10)8-2-4-13-5-3-8/h6,8,13-14H,2-5,7,12H2,1H3. The van der Waals surface area contributed by atoms with Crippen LogP contribution in [-0.2, 0) is 4.74 Å². The number of allylic oxidation sites excluding steroid dienone is 1. The summed E-state index contributed by atoms with van der Waals surface area (Å²) < 4.78 is 5.39. The number of ether oxygens (including phenoxy) is 1. The van der Waals surface area contributed by atoms with Crippen LogP contribution in [0.1, 0.15) is 12.8 Å². The molecule has 0 amide bonds. The van der Waals surface area contributed by atoms with E-state index in [-0.39, 0.29) is 0 Å². The van der Waals surface area contributed by atoms with Crippen molar-refractivity contribution in [3.05, 3.63) is 23.2 Å². The molecule has 0 aliphatic carbocycles. The number of rotatable bonds is 2. The number of piperidine rings is 1. The van der Waals surface area contributed by atoms with E-state index in [1.165, 1.54) is 18.4 Å². The third kappa shape index (κ3) is 2.26. The average Bonchev–Trinajstić information content (AvgIpc) is 2.30. The lowest BCUT2D eigenvalue weighted by atomic mass is 9.88. The normalized spacial score (nSPS) is 23.4. The Morgan fingerprint density at radius 2 is 2.13 bits per heavy atom. The van der Waals surface area contributed by atoms with Crippen LogP contribution < -0.4 is 16.4 Å². The molecule has 1 saturated heterocycles. The maximum Gasteiger partial charge on any atom is 0.123 e. The van der Waals surface area contributed by atoms with E-state index in [0.29, 0.717) is 11.7 Å². The van der Waals surface area contributed by atoms with Crippen molar-refractivity contribution in [1.29, 1.82) is 0 Å². The molecule has 2 aliphatic rings. The van der Waals surface area contributed by atoms with Gasteiger partial charge in [0.2, 0.25) is 0 Å². The van der Waals surface area contributed by atoms with Crippen LogP contribution in [0.4, 0.5) is 0 Å². The molecule has 2 aliphatic heterocycles. The molecule has 0 aromatic carbocycles. The second-order valence-electron chi connectivity index (χ2n) is 4.07. The summed E-state index contributed by atoms with van der Waals surface area (Å²) in [5, 5.41) is 6.55. The van der Waals surface area contributed by atoms with Gasteiger partial charge in [0.25, 0.3) is 0 Å². The number of hydrogen-bond acceptors (Lipinski definition) is 4. The fourth-order valence-corrected chi connectivity index (χ4v) is 2.28. The lowest BCUT2D eigenvalue weighted by Gasteiger charge is -2.29. The minimum Gasteiger partial charge on any atom is -0.497 e. The highest BCUT2D eigenvalue weighted by Gasteiger charge is 2.22. The molecule has 2 rings (SSSR count). The molecular formula is C11H19N3O. The molecule has 4 heteroatoms. The number of dihydropyridines is 1. The fourth-order valence-electron chi connectivity index (χ4n) is 2.28. The Morgan fingerprint density at radius 3 is 2.80 bits per heavy atom. The van der Waals surface area contributed by atoms with E-state index in [2.05, 4.69) is 10.6 Å². The minimum atomic E-state index is 0.637. The van der Waals surface area contributed by atoms with E-state index in [1.807, 2.05) is 6.08 Å². The first kappa shape index (κ1) is 10.4. The quantitative estimate of drug-likeness (QED) is 0.612. The Bertz CT molecular complexity index is 290. The molecular weight excluding hydrogens is 190 g/mol. The highest BCUT2D eigenvalue weighted by atomic mass is 16.5. The summed E-state index contributed by atoms with van der Waals surface area (Å²) in [6, 6.07) is 0. The number of methoxy groups -OCH3 is 1. The molecule has 0 bridgehead atoms. The lowest BCUT2D eigenvalue weighted by molar-refractivity contribution is 0.284. The summed E-state index contributed by atoms with van der Waals surface area (Å²) in [6.45, 7) is 3.03. The van der Waals surface area contributed by atoms with Crippen molar-refractivity contribution in [3.63, 3.8) is 0 Å². The number of nitrogens with two attached hydrogens (primary N) is 1. The second-order valence-corrected chi connectivity index (χ2v) is 4.07. The predicted molar refractivity (Wildman–Crippen MR) is 59.9 cm³/mol. The van der Waals surface area contributed by atoms with Gasteiger partial charge in [0.1, 0.15) is 5.76 Å². The van der Waals surface area contributed by atoms with E-state index >= 15 is 0 Å². The SMILES string of the molecule is COC1=C(C2CCNCC2)CNC(N)=C1. The van der Waals surface area contributed by atoms with Gasteiger partial charge in [-0.25, -0.2) is 0 Å². The van der Waals surface area contributed by atoms with Gasteiger partial charge in [0.05, 0.1) is 12.9 Å². The summed E-state index contributed by atoms with van der Waals surface area (Å²) in [7, 11) is 1.71. The second kappa shape index (κ2) is 4.57. The smallest absolute Gasteiger partial charge is 0.123 e. The van der Waals surface area contributed by atoms with Gasteiger partial charge in [-0.2, -0.15) is 0 Å². The highest BCUT2D eigenvalue weighted by Crippen LogP contribution is 2.26. The topological polar surface area (TPSA) is 59.3 Å². The highest BCUT2D eigenvalue weighted by molar-refractivity contribution is 5.30. The maximum atomic E-state index is 5.72. The van der Waals surface area contributed by atoms with Crippen molar-refractivity contribution >= 4 is 0 Å². The van der Waals surface area contributed by atoms with Crippen molar-refractivity contribution in [2.45, 2.75) is 12.8 Å². The van der Waals surface area contributed by atoms with Crippen LogP contribution in [-0.4, -0.2) is 26.7 Å². The molecule has 2 heterocycles. The van der Waals surface area contributed by atoms with Gasteiger partial charge < -0.3 is 21.1 Å². The van der Waals surface area contributed by atoms with Crippen LogP contribution in [0.3, 0.4) is 0 Å². The third-order valence-corrected chi connectivity index (χ3v) is 3.14. The Morgan fingerprint density at radius 1 is 1.40 bits per heavy atom. The molecule has 0 aromatic heterocycles. The Balaban J connectivity index is 2.16. The molecule has 15 heavy (non-hydrogen) atoms. The Hall–Kier alpha value is -1.16. The summed E-state index contributed by atoms with van der Waals surface area (Å²) in [4.78, 5) is 0. The van der Waals surface area contributed by atoms with E-state index in [9.17, 15) is 0 Å². The molecule has 1 fully saturated rings. The molecule has 0 saturated carbocycles. The molecule has 4 nitrogen and oxygen atoms in total. The molecule has 0 spiro atoms. The first-order valence-electron chi connectivity index (χ1n) is 5.50. The van der Waals surface area contributed by atoms with Crippen LogP contribution in [0.5, 0.6) is 0 Å². The van der Waals surface area contributed by atoms with E-state index in [0.717, 1.165) is 25.4 Å². The van der Waals surface area contributed by atoms with Crippen molar-refractivity contribution in [2.24, 2.45) is 11.7 Å². The first-order valence-corrected chi connectivity index (χ1v) is 5.50. The summed E-state index contributed by atoms with van der Waals surface area (Å²) in [5.41, 5.74) is 7.08. The van der Waals surface area contributed by atoms with Gasteiger partial charge in [-0.15, -0.1) is 0 Å². The fraction of sp³-hybridized carbons (Fsp3) is 0.636. The molecule has 4 N–H and O–H groups in total. The number of hydrogen-bond donors (Lipinski definition) is 3. The summed E-state index contributed by atoms with van der Waals surface area (Å²) in [6.07, 6.45) is 4.27. The maximum absolute atomic E-state index is 5.72. The van der Waals surface area contributed by atoms with Crippen molar-refractivity contribution in [3.8, 4) is 0 Å². The molecule has 0 unspecified atom stereocenters. The lowest BCUT2D eigenvalue weighted by Crippen LogP contribution is -2.34. The Kier molecular flexibility index (Phi) is 3.16. The van der Waals surface area contributed by atoms with Crippen molar-refractivity contribution in [1.82, 2.24) is 10.6 Å². The van der Waals surface area contributed by atoms with Gasteiger partial charge in [-0.1, -0.05) is 0 Å². The van der Waals surface area contributed by atoms with Crippen LogP contribution in [0, 0.1) is 5.92 Å². The zero-order valence-electron chi connectivity index (χ0n) is 9.18. The summed E-state index contributed by atoms with van der Waals surface area (Å²) >= 11 is 0. The van der Waals surface area contributed by atoms with E-state index in [1.54, 1.807) is 7.11 Å². The van der Waals surface area contributed by atoms with Crippen LogP contribution in [0.2, 0.25) is 0 Å². The predicted octanol–water partition coefficient (Wildman–Crippen LogP) is 0.290. The van der Waals surface area contributed by atoms with Gasteiger partial charge in [0, 0.05) is 12.6 Å². The minimum absolute atomic E-state index is 0.637. The van der Waals surface area contributed by atoms with Crippen molar-refractivity contribution < 1.29 is 4.74 Å². The Labute approximate surface area is 90.6 Å². The van der Waals surface area contributed by atoms with Crippen LogP contribution in [0.25, 0.3) is 0 Å². The zero-order chi connectivity index (χ0) is 10.7. The number of nitrogens with one attached hydrogen (secondary N) is 2. The van der Waals surface area contributed by atoms with Crippen LogP contribution in [0.15, 0.2) is 23.2 Å². The molecule has 0 radical (unpaired) electrons. The van der Waals surface area contributed by atoms with E-state index in [4.69, 9.17) is 10.5 Å². The van der Waals surface area contributed by atoms with Crippen LogP contribution >= 0.6 is 0 Å². The molecule has 84 valence electrons. The largest absolute Gasteiger partial charge is 0.497 e. The van der Waals surface area contributed by atoms with Gasteiger partial charge in [0.15, 0.2) is 0 Å². The average molecular weight is 209 g/mol. The summed E-state index contributed by atoms with van der Waals surface area (Å²) in [5.74, 6) is 2.29. The third-order valence-electron chi connectivity index (χ3n) is 3.14. The zero-order valence-corrected chi connectivity index (χ0v) is 9.18. The van der Waals surface area contributed by atoms with Gasteiger partial charge >= 0.3 is 0 Å². The molecule has 0 aromatic rings. The van der Waals surface area contributed by atoms with Crippen molar-refractivity contribution in [2.75, 3.05) is 26.7 Å². The molecule has 0 atom stereocenters.